The summed E-state index contributed by atoms with van der Waals surface area (Å²) < 4.78 is 7.16. The van der Waals surface area contributed by atoms with Gasteiger partial charge in [-0.3, -0.25) is 4.79 Å². The van der Waals surface area contributed by atoms with Gasteiger partial charge in [0.2, 0.25) is 0 Å². The quantitative estimate of drug-likeness (QED) is 0.700. The number of hydrogen-bond donors (Lipinski definition) is 0. The van der Waals surface area contributed by atoms with E-state index in [1.807, 2.05) is 27.9 Å². The summed E-state index contributed by atoms with van der Waals surface area (Å²) in [6.45, 7) is 6.14. The van der Waals surface area contributed by atoms with Crippen molar-refractivity contribution in [1.29, 1.82) is 0 Å². The number of carbonyl (C=O) groups excluding carboxylic acids is 1. The number of likely N-dealkylation sites (tertiary alicyclic amines) is 2. The first-order valence-corrected chi connectivity index (χ1v) is 11.2. The second kappa shape index (κ2) is 9.60. The van der Waals surface area contributed by atoms with Crippen LogP contribution in [0.1, 0.15) is 61.1 Å². The third-order valence-corrected chi connectivity index (χ3v) is 6.63. The molecule has 30 heavy (non-hydrogen) atoms. The Morgan fingerprint density at radius 3 is 2.50 bits per heavy atom. The molecule has 7 nitrogen and oxygen atoms in total. The zero-order chi connectivity index (χ0) is 20.9. The van der Waals surface area contributed by atoms with E-state index in [0.717, 1.165) is 70.5 Å². The molecule has 162 valence electrons. The third kappa shape index (κ3) is 4.83. The Morgan fingerprint density at radius 2 is 1.83 bits per heavy atom. The molecule has 0 spiro atoms. The maximum Gasteiger partial charge on any atom is 0.276 e. The van der Waals surface area contributed by atoms with E-state index in [1.54, 1.807) is 7.11 Å². The van der Waals surface area contributed by atoms with Gasteiger partial charge in [0.1, 0.15) is 5.75 Å². The first kappa shape index (κ1) is 20.8. The molecule has 2 fully saturated rings. The molecule has 2 aliphatic heterocycles. The van der Waals surface area contributed by atoms with Crippen molar-refractivity contribution in [1.82, 2.24) is 24.8 Å². The Morgan fingerprint density at radius 1 is 1.13 bits per heavy atom. The van der Waals surface area contributed by atoms with Gasteiger partial charge in [0.25, 0.3) is 5.91 Å². The maximum absolute atomic E-state index is 12.5. The van der Waals surface area contributed by atoms with Gasteiger partial charge in [-0.05, 0) is 63.1 Å². The van der Waals surface area contributed by atoms with Gasteiger partial charge in [0, 0.05) is 32.2 Å². The molecule has 0 saturated carbocycles. The average molecular weight is 412 g/mol. The van der Waals surface area contributed by atoms with E-state index in [-0.39, 0.29) is 5.91 Å². The lowest BCUT2D eigenvalue weighted by atomic mass is 10.00. The zero-order valence-corrected chi connectivity index (χ0v) is 18.2. The summed E-state index contributed by atoms with van der Waals surface area (Å²) >= 11 is 0. The van der Waals surface area contributed by atoms with Crippen LogP contribution in [0.25, 0.3) is 0 Å². The molecule has 1 atom stereocenters. The highest BCUT2D eigenvalue weighted by Crippen LogP contribution is 2.25. The summed E-state index contributed by atoms with van der Waals surface area (Å²) in [6, 6.07) is 9.27. The highest BCUT2D eigenvalue weighted by molar-refractivity contribution is 5.92. The van der Waals surface area contributed by atoms with Crippen LogP contribution in [-0.2, 0) is 6.42 Å². The molecular formula is C23H33N5O2. The number of benzene rings is 1. The predicted octanol–water partition coefficient (Wildman–Crippen LogP) is 3.18. The number of aromatic nitrogens is 3. The van der Waals surface area contributed by atoms with Crippen LogP contribution in [0.4, 0.5) is 0 Å². The molecule has 1 aromatic carbocycles. The molecule has 0 aliphatic carbocycles. The molecule has 0 unspecified atom stereocenters. The minimum absolute atomic E-state index is 0.0309. The lowest BCUT2D eigenvalue weighted by molar-refractivity contribution is 0.0787. The van der Waals surface area contributed by atoms with Gasteiger partial charge in [-0.15, -0.1) is 5.10 Å². The van der Waals surface area contributed by atoms with Crippen LogP contribution < -0.4 is 4.74 Å². The molecule has 3 heterocycles. The summed E-state index contributed by atoms with van der Waals surface area (Å²) in [4.78, 5) is 17.0. The lowest BCUT2D eigenvalue weighted by Gasteiger charge is -2.36. The molecule has 2 saturated heterocycles. The van der Waals surface area contributed by atoms with Crippen molar-refractivity contribution >= 4 is 5.91 Å². The van der Waals surface area contributed by atoms with Crippen LogP contribution in [-0.4, -0.2) is 70.0 Å². The van der Waals surface area contributed by atoms with Gasteiger partial charge >= 0.3 is 0 Å². The number of ether oxygens (including phenoxy) is 1. The normalized spacial score (nSPS) is 19.2. The lowest BCUT2D eigenvalue weighted by Crippen LogP contribution is -2.40. The van der Waals surface area contributed by atoms with Crippen LogP contribution in [0.2, 0.25) is 0 Å². The fourth-order valence-electron chi connectivity index (χ4n) is 4.58. The SMILES string of the molecule is COc1ccc(CC[C@H](C)N2CCC(n3cc(C(=O)N4CCCC4)nn3)CC2)cc1. The number of rotatable bonds is 7. The average Bonchev–Trinajstić information content (AvgIpc) is 3.50. The van der Waals surface area contributed by atoms with Crippen molar-refractivity contribution in [2.45, 2.75) is 57.5 Å². The Bertz CT molecular complexity index is 820. The van der Waals surface area contributed by atoms with Gasteiger partial charge < -0.3 is 14.5 Å². The number of carbonyl (C=O) groups is 1. The minimum Gasteiger partial charge on any atom is -0.497 e. The minimum atomic E-state index is 0.0309. The van der Waals surface area contributed by atoms with Crippen molar-refractivity contribution in [2.24, 2.45) is 0 Å². The van der Waals surface area contributed by atoms with E-state index in [9.17, 15) is 4.79 Å². The summed E-state index contributed by atoms with van der Waals surface area (Å²) in [5.41, 5.74) is 1.85. The van der Waals surface area contributed by atoms with Crippen LogP contribution in [0.5, 0.6) is 5.75 Å². The standard InChI is InChI=1S/C23H33N5O2/c1-18(5-6-19-7-9-21(30-2)10-8-19)26-15-11-20(12-16-26)28-17-22(24-25-28)23(29)27-13-3-4-14-27/h7-10,17-18,20H,3-6,11-16H2,1-2H3/t18-/m0/s1. The maximum atomic E-state index is 12.5. The molecule has 2 aliphatic rings. The number of nitrogens with zero attached hydrogens (tertiary/aromatic N) is 5. The van der Waals surface area contributed by atoms with Crippen molar-refractivity contribution < 1.29 is 9.53 Å². The first-order chi connectivity index (χ1) is 14.6. The monoisotopic (exact) mass is 411 g/mol. The Labute approximate surface area is 179 Å². The van der Waals surface area contributed by atoms with E-state index in [4.69, 9.17) is 4.74 Å². The fourth-order valence-corrected chi connectivity index (χ4v) is 4.58. The zero-order valence-electron chi connectivity index (χ0n) is 18.2. The van der Waals surface area contributed by atoms with Crippen LogP contribution in [0, 0.1) is 0 Å². The second-order valence-electron chi connectivity index (χ2n) is 8.59. The Balaban J connectivity index is 1.24. The van der Waals surface area contributed by atoms with E-state index in [2.05, 4.69) is 34.3 Å². The molecule has 7 heteroatoms. The molecule has 4 rings (SSSR count). The van der Waals surface area contributed by atoms with Crippen LogP contribution in [0.15, 0.2) is 30.5 Å². The smallest absolute Gasteiger partial charge is 0.276 e. The topological polar surface area (TPSA) is 63.5 Å². The Kier molecular flexibility index (Phi) is 6.67. The number of hydrogen-bond acceptors (Lipinski definition) is 5. The first-order valence-electron chi connectivity index (χ1n) is 11.2. The van der Waals surface area contributed by atoms with Gasteiger partial charge in [-0.1, -0.05) is 17.3 Å². The predicted molar refractivity (Wildman–Crippen MR) is 116 cm³/mol. The number of methoxy groups -OCH3 is 1. The molecule has 2 aromatic rings. The van der Waals surface area contributed by atoms with Crippen molar-refractivity contribution in [3.05, 3.63) is 41.7 Å². The largest absolute Gasteiger partial charge is 0.497 e. The summed E-state index contributed by atoms with van der Waals surface area (Å²) in [6.07, 6.45) is 8.37. The van der Waals surface area contributed by atoms with Crippen molar-refractivity contribution in [3.63, 3.8) is 0 Å². The molecule has 0 bridgehead atoms. The summed E-state index contributed by atoms with van der Waals surface area (Å²) in [5.74, 6) is 0.940. The van der Waals surface area contributed by atoms with E-state index in [0.29, 0.717) is 17.8 Å². The number of aryl methyl sites for hydroxylation is 1. The fraction of sp³-hybridized carbons (Fsp3) is 0.609. The number of amides is 1. The van der Waals surface area contributed by atoms with Crippen molar-refractivity contribution in [2.75, 3.05) is 33.3 Å². The van der Waals surface area contributed by atoms with Gasteiger partial charge in [0.15, 0.2) is 5.69 Å². The molecule has 1 aromatic heterocycles. The van der Waals surface area contributed by atoms with Crippen molar-refractivity contribution in [3.8, 4) is 5.75 Å². The van der Waals surface area contributed by atoms with E-state index in [1.165, 1.54) is 5.56 Å². The summed E-state index contributed by atoms with van der Waals surface area (Å²) in [5, 5.41) is 8.45. The van der Waals surface area contributed by atoms with Gasteiger partial charge in [-0.2, -0.15) is 0 Å². The van der Waals surface area contributed by atoms with Crippen LogP contribution >= 0.6 is 0 Å². The second-order valence-corrected chi connectivity index (χ2v) is 8.59. The third-order valence-electron chi connectivity index (χ3n) is 6.63. The molecule has 0 radical (unpaired) electrons. The summed E-state index contributed by atoms with van der Waals surface area (Å²) in [7, 11) is 1.70. The highest BCUT2D eigenvalue weighted by Gasteiger charge is 2.27. The highest BCUT2D eigenvalue weighted by atomic mass is 16.5. The molecule has 0 N–H and O–H groups in total. The van der Waals surface area contributed by atoms with Gasteiger partial charge in [-0.25, -0.2) is 4.68 Å². The van der Waals surface area contributed by atoms with Gasteiger partial charge in [0.05, 0.1) is 19.3 Å². The number of piperidine rings is 1. The molecular weight excluding hydrogens is 378 g/mol. The van der Waals surface area contributed by atoms with E-state index < -0.39 is 0 Å². The van der Waals surface area contributed by atoms with Crippen LogP contribution in [0.3, 0.4) is 0 Å². The van der Waals surface area contributed by atoms with E-state index >= 15 is 0 Å². The molecule has 1 amide bonds. The Hall–Kier alpha value is -2.41.